The molecule has 2 heteroatoms. The molecule has 1 aromatic heterocycles. The van der Waals surface area contributed by atoms with Crippen molar-refractivity contribution in [3.05, 3.63) is 173 Å². The van der Waals surface area contributed by atoms with Gasteiger partial charge in [0.1, 0.15) is 0 Å². The number of aryl methyl sites for hydroxylation is 3. The van der Waals surface area contributed by atoms with Crippen LogP contribution in [0.5, 0.6) is 0 Å². The minimum Gasteiger partial charge on any atom is -0.354 e. The first-order valence-corrected chi connectivity index (χ1v) is 15.7. The maximum Gasteiger partial charge on any atom is 0.0682 e. The predicted octanol–water partition coefficient (Wildman–Crippen LogP) is 11.7. The van der Waals surface area contributed by atoms with Crippen LogP contribution < -0.4 is 0 Å². The van der Waals surface area contributed by atoms with Crippen LogP contribution in [0.15, 0.2) is 151 Å². The standard InChI is InChI=1S/C22H18N2.C14H14.C7H8/c1-22(2)17-13-19-16(15-10-6-7-11-18(15)23-19)12-20(17)24-21(22)14-8-4-3-5-9-14;1-11-7-3-5-9-13(11)14-10-6-4-8-12(14)2;1-7-5-3-2-4-6-7/h3-13,23H,1-2H3;3-10H,1-2H3;2-6H,1H3. The summed E-state index contributed by atoms with van der Waals surface area (Å²) >= 11 is 0. The average molecular weight is 585 g/mol. The molecule has 8 rings (SSSR count). The molecule has 2 nitrogen and oxygen atoms in total. The topological polar surface area (TPSA) is 28.1 Å². The van der Waals surface area contributed by atoms with Gasteiger partial charge in [-0.05, 0) is 72.4 Å². The first-order chi connectivity index (χ1) is 21.8. The van der Waals surface area contributed by atoms with Gasteiger partial charge >= 0.3 is 0 Å². The van der Waals surface area contributed by atoms with E-state index in [2.05, 4.69) is 167 Å². The van der Waals surface area contributed by atoms with Gasteiger partial charge in [0, 0.05) is 27.2 Å². The first kappa shape index (κ1) is 29.8. The summed E-state index contributed by atoms with van der Waals surface area (Å²) in [5.74, 6) is 0. The smallest absolute Gasteiger partial charge is 0.0682 e. The van der Waals surface area contributed by atoms with E-state index in [1.807, 2.05) is 18.2 Å². The Morgan fingerprint density at radius 3 is 1.62 bits per heavy atom. The number of aliphatic imine (C=N–C) groups is 1. The molecule has 0 atom stereocenters. The second-order valence-electron chi connectivity index (χ2n) is 12.3. The summed E-state index contributed by atoms with van der Waals surface area (Å²) in [4.78, 5) is 8.56. The van der Waals surface area contributed by atoms with Crippen LogP contribution in [0.3, 0.4) is 0 Å². The molecule has 0 amide bonds. The van der Waals surface area contributed by atoms with E-state index in [-0.39, 0.29) is 5.41 Å². The van der Waals surface area contributed by atoms with Crippen molar-refractivity contribution in [2.24, 2.45) is 4.99 Å². The van der Waals surface area contributed by atoms with E-state index in [1.165, 1.54) is 60.8 Å². The number of aromatic nitrogens is 1. The summed E-state index contributed by atoms with van der Waals surface area (Å²) < 4.78 is 0. The van der Waals surface area contributed by atoms with Crippen LogP contribution in [-0.4, -0.2) is 10.7 Å². The highest BCUT2D eigenvalue weighted by atomic mass is 14.8. The van der Waals surface area contributed by atoms with Gasteiger partial charge in [0.15, 0.2) is 0 Å². The molecule has 1 aliphatic heterocycles. The van der Waals surface area contributed by atoms with Crippen LogP contribution in [0.1, 0.15) is 41.7 Å². The lowest BCUT2D eigenvalue weighted by Crippen LogP contribution is -2.26. The maximum absolute atomic E-state index is 5.01. The van der Waals surface area contributed by atoms with E-state index in [9.17, 15) is 0 Å². The Bertz CT molecular complexity index is 2050. The van der Waals surface area contributed by atoms with Gasteiger partial charge in [-0.15, -0.1) is 0 Å². The van der Waals surface area contributed by atoms with Gasteiger partial charge in [0.05, 0.1) is 11.4 Å². The normalized spacial score (nSPS) is 12.9. The quantitative estimate of drug-likeness (QED) is 0.209. The number of fused-ring (bicyclic) bond motifs is 4. The van der Waals surface area contributed by atoms with E-state index in [4.69, 9.17) is 4.99 Å². The predicted molar refractivity (Wildman–Crippen MR) is 194 cm³/mol. The van der Waals surface area contributed by atoms with Crippen molar-refractivity contribution < 1.29 is 0 Å². The third-order valence-corrected chi connectivity index (χ3v) is 8.69. The first-order valence-electron chi connectivity index (χ1n) is 15.7. The Morgan fingerprint density at radius 1 is 0.511 bits per heavy atom. The number of hydrogen-bond acceptors (Lipinski definition) is 1. The fourth-order valence-corrected chi connectivity index (χ4v) is 6.17. The van der Waals surface area contributed by atoms with Gasteiger partial charge in [-0.3, -0.25) is 4.99 Å². The second kappa shape index (κ2) is 12.8. The molecule has 0 saturated heterocycles. The Balaban J connectivity index is 0.000000143. The van der Waals surface area contributed by atoms with Crippen molar-refractivity contribution in [3.8, 4) is 11.1 Å². The van der Waals surface area contributed by atoms with E-state index in [0.717, 1.165) is 11.4 Å². The lowest BCUT2D eigenvalue weighted by Gasteiger charge is -2.22. The molecule has 0 unspecified atom stereocenters. The fourth-order valence-electron chi connectivity index (χ4n) is 6.17. The van der Waals surface area contributed by atoms with E-state index >= 15 is 0 Å². The van der Waals surface area contributed by atoms with Gasteiger partial charge in [0.25, 0.3) is 0 Å². The number of aromatic amines is 1. The van der Waals surface area contributed by atoms with E-state index in [1.54, 1.807) is 0 Å². The summed E-state index contributed by atoms with van der Waals surface area (Å²) in [5.41, 5.74) is 13.7. The molecule has 0 bridgehead atoms. The zero-order chi connectivity index (χ0) is 31.4. The molecule has 6 aromatic carbocycles. The third-order valence-electron chi connectivity index (χ3n) is 8.69. The van der Waals surface area contributed by atoms with E-state index in [0.29, 0.717) is 0 Å². The molecule has 222 valence electrons. The van der Waals surface area contributed by atoms with Gasteiger partial charge in [-0.1, -0.05) is 147 Å². The van der Waals surface area contributed by atoms with Crippen LogP contribution in [-0.2, 0) is 5.41 Å². The van der Waals surface area contributed by atoms with Crippen LogP contribution in [0.25, 0.3) is 32.9 Å². The van der Waals surface area contributed by atoms with Crippen LogP contribution in [0, 0.1) is 20.8 Å². The van der Waals surface area contributed by atoms with Gasteiger partial charge < -0.3 is 4.98 Å². The van der Waals surface area contributed by atoms with Crippen LogP contribution >= 0.6 is 0 Å². The molecule has 0 fully saturated rings. The summed E-state index contributed by atoms with van der Waals surface area (Å²) in [7, 11) is 0. The lowest BCUT2D eigenvalue weighted by molar-refractivity contribution is 0.738. The minimum absolute atomic E-state index is 0.0951. The van der Waals surface area contributed by atoms with Gasteiger partial charge in [-0.25, -0.2) is 0 Å². The number of para-hydroxylation sites is 1. The summed E-state index contributed by atoms with van der Waals surface area (Å²) in [6.45, 7) is 10.9. The van der Waals surface area contributed by atoms with Crippen LogP contribution in [0.2, 0.25) is 0 Å². The average Bonchev–Trinajstić information content (AvgIpc) is 3.55. The van der Waals surface area contributed by atoms with Crippen molar-refractivity contribution in [3.63, 3.8) is 0 Å². The molecule has 7 aromatic rings. The number of benzene rings is 6. The van der Waals surface area contributed by atoms with Crippen molar-refractivity contribution in [2.75, 3.05) is 0 Å². The molecular weight excluding hydrogens is 544 g/mol. The molecule has 0 spiro atoms. The third kappa shape index (κ3) is 6.23. The Kier molecular flexibility index (Phi) is 8.49. The number of hydrogen-bond donors (Lipinski definition) is 1. The van der Waals surface area contributed by atoms with Crippen molar-refractivity contribution in [2.45, 2.75) is 40.0 Å². The zero-order valence-electron chi connectivity index (χ0n) is 26.8. The SMILES string of the molecule is CC1(C)C(c2ccccc2)=Nc2cc3c(cc21)[nH]c1ccccc13.Cc1ccccc1.Cc1ccccc1-c1ccccc1C. The number of nitrogens with zero attached hydrogens (tertiary/aromatic N) is 1. The highest BCUT2D eigenvalue weighted by molar-refractivity contribution is 6.15. The summed E-state index contributed by atoms with van der Waals surface area (Å²) in [6.07, 6.45) is 0. The van der Waals surface area contributed by atoms with Gasteiger partial charge in [0.2, 0.25) is 0 Å². The highest BCUT2D eigenvalue weighted by Crippen LogP contribution is 2.44. The lowest BCUT2D eigenvalue weighted by atomic mass is 9.79. The Hall–Kier alpha value is -5.21. The molecule has 2 heterocycles. The molecular formula is C43H40N2. The second-order valence-corrected chi connectivity index (χ2v) is 12.3. The van der Waals surface area contributed by atoms with Crippen molar-refractivity contribution in [1.82, 2.24) is 4.98 Å². The maximum atomic E-state index is 5.01. The summed E-state index contributed by atoms with van der Waals surface area (Å²) in [6, 6.07) is 50.7. The molecule has 0 radical (unpaired) electrons. The highest BCUT2D eigenvalue weighted by Gasteiger charge is 2.36. The monoisotopic (exact) mass is 584 g/mol. The Labute approximate surface area is 267 Å². The van der Waals surface area contributed by atoms with Crippen LogP contribution in [0.4, 0.5) is 5.69 Å². The van der Waals surface area contributed by atoms with E-state index < -0.39 is 0 Å². The largest absolute Gasteiger partial charge is 0.354 e. The number of H-pyrrole nitrogens is 1. The molecule has 1 N–H and O–H groups in total. The fraction of sp³-hybridized carbons (Fsp3) is 0.140. The number of nitrogens with one attached hydrogen (secondary N) is 1. The molecule has 45 heavy (non-hydrogen) atoms. The summed E-state index contributed by atoms with van der Waals surface area (Å²) in [5, 5.41) is 2.51. The molecule has 0 aliphatic carbocycles. The number of rotatable bonds is 2. The van der Waals surface area contributed by atoms with Crippen molar-refractivity contribution >= 4 is 33.2 Å². The van der Waals surface area contributed by atoms with Crippen molar-refractivity contribution in [1.29, 1.82) is 0 Å². The molecule has 0 saturated carbocycles. The van der Waals surface area contributed by atoms with Gasteiger partial charge in [-0.2, -0.15) is 0 Å². The Morgan fingerprint density at radius 2 is 1.04 bits per heavy atom. The molecule has 1 aliphatic rings. The minimum atomic E-state index is -0.0951. The zero-order valence-corrected chi connectivity index (χ0v) is 26.8.